The quantitative estimate of drug-likeness (QED) is 0.759. The second kappa shape index (κ2) is 8.16. The van der Waals surface area contributed by atoms with Crippen LogP contribution >= 0.6 is 0 Å². The zero-order chi connectivity index (χ0) is 17.5. The maximum atomic E-state index is 13.6. The molecule has 0 bridgehead atoms. The normalized spacial score (nSPS) is 11.5. The molecule has 128 valence electrons. The summed E-state index contributed by atoms with van der Waals surface area (Å²) in [6.07, 6.45) is -1.15. The Labute approximate surface area is 139 Å². The number of anilines is 1. The van der Waals surface area contributed by atoms with Crippen molar-refractivity contribution in [2.45, 2.75) is 6.10 Å². The van der Waals surface area contributed by atoms with Gasteiger partial charge in [-0.15, -0.1) is 0 Å². The number of carbonyl (C=O) groups excluding carboxylic acids is 1. The highest BCUT2D eigenvalue weighted by Gasteiger charge is 2.14. The summed E-state index contributed by atoms with van der Waals surface area (Å²) in [5.74, 6) is 0.486. The molecule has 0 unspecified atom stereocenters. The lowest BCUT2D eigenvalue weighted by atomic mass is 10.1. The van der Waals surface area contributed by atoms with E-state index in [0.29, 0.717) is 17.2 Å². The van der Waals surface area contributed by atoms with Gasteiger partial charge in [-0.25, -0.2) is 9.18 Å². The van der Waals surface area contributed by atoms with Crippen molar-refractivity contribution < 1.29 is 23.8 Å². The highest BCUT2D eigenvalue weighted by atomic mass is 19.1. The molecule has 2 rings (SSSR count). The Morgan fingerprint density at radius 3 is 2.62 bits per heavy atom. The Morgan fingerprint density at radius 1 is 1.21 bits per heavy atom. The number of rotatable bonds is 6. The average Bonchev–Trinajstić information content (AvgIpc) is 2.60. The van der Waals surface area contributed by atoms with E-state index in [1.807, 2.05) is 0 Å². The lowest BCUT2D eigenvalue weighted by Gasteiger charge is -2.15. The number of benzene rings is 2. The van der Waals surface area contributed by atoms with Crippen LogP contribution in [0.15, 0.2) is 42.5 Å². The molecule has 0 aliphatic rings. The van der Waals surface area contributed by atoms with E-state index in [1.165, 1.54) is 32.4 Å². The first-order valence-corrected chi connectivity index (χ1v) is 7.24. The summed E-state index contributed by atoms with van der Waals surface area (Å²) in [7, 11) is 2.99. The maximum Gasteiger partial charge on any atom is 0.319 e. The molecule has 0 radical (unpaired) electrons. The third kappa shape index (κ3) is 4.36. The summed E-state index contributed by atoms with van der Waals surface area (Å²) in [4.78, 5) is 12.0. The fourth-order valence-electron chi connectivity index (χ4n) is 2.12. The smallest absolute Gasteiger partial charge is 0.319 e. The number of halogens is 1. The van der Waals surface area contributed by atoms with E-state index in [-0.39, 0.29) is 12.1 Å². The molecule has 0 aromatic heterocycles. The van der Waals surface area contributed by atoms with Crippen LogP contribution in [-0.4, -0.2) is 31.9 Å². The van der Waals surface area contributed by atoms with Crippen LogP contribution in [0.1, 0.15) is 11.7 Å². The fraction of sp³-hybridized carbons (Fsp3) is 0.235. The van der Waals surface area contributed by atoms with Crippen LogP contribution in [0.3, 0.4) is 0 Å². The van der Waals surface area contributed by atoms with Crippen LogP contribution in [0, 0.1) is 5.82 Å². The molecule has 6 nitrogen and oxygen atoms in total. The number of aliphatic hydroxyl groups excluding tert-OH is 1. The Kier molecular flexibility index (Phi) is 5.97. The molecule has 24 heavy (non-hydrogen) atoms. The Morgan fingerprint density at radius 2 is 1.96 bits per heavy atom. The second-order valence-corrected chi connectivity index (χ2v) is 4.94. The van der Waals surface area contributed by atoms with E-state index < -0.39 is 18.0 Å². The molecule has 0 fully saturated rings. The molecule has 3 N–H and O–H groups in total. The molecule has 0 spiro atoms. The summed E-state index contributed by atoms with van der Waals surface area (Å²) < 4.78 is 23.8. The van der Waals surface area contributed by atoms with Crippen molar-refractivity contribution in [3.05, 3.63) is 53.8 Å². The van der Waals surface area contributed by atoms with E-state index in [4.69, 9.17) is 9.47 Å². The first-order valence-electron chi connectivity index (χ1n) is 7.24. The molecular formula is C17H19FN2O4. The number of hydrogen-bond acceptors (Lipinski definition) is 4. The molecule has 0 aliphatic carbocycles. The van der Waals surface area contributed by atoms with Crippen LogP contribution in [0.4, 0.5) is 14.9 Å². The van der Waals surface area contributed by atoms with Crippen molar-refractivity contribution in [2.75, 3.05) is 26.1 Å². The van der Waals surface area contributed by atoms with Crippen LogP contribution in [-0.2, 0) is 0 Å². The van der Waals surface area contributed by atoms with E-state index in [9.17, 15) is 14.3 Å². The van der Waals surface area contributed by atoms with Crippen LogP contribution in [0.2, 0.25) is 0 Å². The van der Waals surface area contributed by atoms with Crippen molar-refractivity contribution in [1.29, 1.82) is 0 Å². The number of hydrogen-bond donors (Lipinski definition) is 3. The molecular weight excluding hydrogens is 315 g/mol. The monoisotopic (exact) mass is 334 g/mol. The number of aliphatic hydroxyl groups is 1. The molecule has 0 saturated carbocycles. The number of urea groups is 1. The van der Waals surface area contributed by atoms with Gasteiger partial charge in [0, 0.05) is 18.2 Å². The minimum atomic E-state index is -1.15. The number of methoxy groups -OCH3 is 2. The molecule has 7 heteroatoms. The zero-order valence-corrected chi connectivity index (χ0v) is 13.4. The zero-order valence-electron chi connectivity index (χ0n) is 13.4. The predicted octanol–water partition coefficient (Wildman–Crippen LogP) is 2.70. The van der Waals surface area contributed by atoms with Crippen molar-refractivity contribution in [3.63, 3.8) is 0 Å². The van der Waals surface area contributed by atoms with Gasteiger partial charge in [0.15, 0.2) is 0 Å². The lowest BCUT2D eigenvalue weighted by Crippen LogP contribution is -2.32. The molecule has 2 aromatic rings. The van der Waals surface area contributed by atoms with Gasteiger partial charge in [-0.05, 0) is 18.2 Å². The topological polar surface area (TPSA) is 79.8 Å². The van der Waals surface area contributed by atoms with E-state index in [2.05, 4.69) is 10.6 Å². The van der Waals surface area contributed by atoms with Gasteiger partial charge in [0.1, 0.15) is 17.3 Å². The number of amides is 2. The van der Waals surface area contributed by atoms with Crippen molar-refractivity contribution in [1.82, 2.24) is 5.32 Å². The Balaban J connectivity index is 1.97. The van der Waals surface area contributed by atoms with E-state index in [0.717, 1.165) is 0 Å². The van der Waals surface area contributed by atoms with E-state index in [1.54, 1.807) is 24.3 Å². The third-order valence-corrected chi connectivity index (χ3v) is 3.38. The first-order chi connectivity index (χ1) is 11.5. The molecule has 2 aromatic carbocycles. The predicted molar refractivity (Wildman–Crippen MR) is 87.9 cm³/mol. The fourth-order valence-corrected chi connectivity index (χ4v) is 2.12. The molecule has 0 aliphatic heterocycles. The van der Waals surface area contributed by atoms with Gasteiger partial charge in [0.2, 0.25) is 0 Å². The first kappa shape index (κ1) is 17.6. The maximum absolute atomic E-state index is 13.6. The SMILES string of the molecule is COc1ccc(OC)c(NC(=O)NC[C@H](O)c2ccccc2F)c1. The number of nitrogens with one attached hydrogen (secondary N) is 2. The average molecular weight is 334 g/mol. The summed E-state index contributed by atoms with van der Waals surface area (Å²) in [5, 5.41) is 15.1. The van der Waals surface area contributed by atoms with Gasteiger partial charge in [0.25, 0.3) is 0 Å². The van der Waals surface area contributed by atoms with Gasteiger partial charge < -0.3 is 25.2 Å². The summed E-state index contributed by atoms with van der Waals surface area (Å²) in [5.41, 5.74) is 0.534. The second-order valence-electron chi connectivity index (χ2n) is 4.94. The van der Waals surface area contributed by atoms with Crippen molar-refractivity contribution in [2.24, 2.45) is 0 Å². The number of carbonyl (C=O) groups is 1. The van der Waals surface area contributed by atoms with Crippen molar-refractivity contribution >= 4 is 11.7 Å². The Bertz CT molecular complexity index is 709. The van der Waals surface area contributed by atoms with Crippen molar-refractivity contribution in [3.8, 4) is 11.5 Å². The van der Waals surface area contributed by atoms with Crippen LogP contribution in [0.25, 0.3) is 0 Å². The summed E-state index contributed by atoms with van der Waals surface area (Å²) in [6.45, 7) is -0.140. The highest BCUT2D eigenvalue weighted by Crippen LogP contribution is 2.28. The van der Waals surface area contributed by atoms with Gasteiger partial charge in [-0.1, -0.05) is 18.2 Å². The highest BCUT2D eigenvalue weighted by molar-refractivity contribution is 5.91. The summed E-state index contributed by atoms with van der Waals surface area (Å²) >= 11 is 0. The lowest BCUT2D eigenvalue weighted by molar-refractivity contribution is 0.170. The molecule has 1 atom stereocenters. The molecule has 0 saturated heterocycles. The van der Waals surface area contributed by atoms with Crippen LogP contribution < -0.4 is 20.1 Å². The van der Waals surface area contributed by atoms with Gasteiger partial charge in [0.05, 0.1) is 26.0 Å². The standard InChI is InChI=1S/C17H19FN2O4/c1-23-11-7-8-16(24-2)14(9-11)20-17(22)19-10-15(21)12-5-3-4-6-13(12)18/h3-9,15,21H,10H2,1-2H3,(H2,19,20,22)/t15-/m0/s1. The minimum Gasteiger partial charge on any atom is -0.497 e. The van der Waals surface area contributed by atoms with Gasteiger partial charge in [-0.3, -0.25) is 0 Å². The number of ether oxygens (including phenoxy) is 2. The minimum absolute atomic E-state index is 0.122. The third-order valence-electron chi connectivity index (χ3n) is 3.38. The molecule has 2 amide bonds. The summed E-state index contributed by atoms with van der Waals surface area (Å²) in [6, 6.07) is 10.3. The van der Waals surface area contributed by atoms with E-state index >= 15 is 0 Å². The molecule has 0 heterocycles. The van der Waals surface area contributed by atoms with Gasteiger partial charge in [-0.2, -0.15) is 0 Å². The largest absolute Gasteiger partial charge is 0.497 e. The van der Waals surface area contributed by atoms with Crippen LogP contribution in [0.5, 0.6) is 11.5 Å². The Hall–Kier alpha value is -2.80. The van der Waals surface area contributed by atoms with Gasteiger partial charge >= 0.3 is 6.03 Å².